The predicted molar refractivity (Wildman–Crippen MR) is 162 cm³/mol. The van der Waals surface area contributed by atoms with E-state index in [1.165, 1.54) is 18.2 Å². The van der Waals surface area contributed by atoms with E-state index in [2.05, 4.69) is 0 Å². The third-order valence-corrected chi connectivity index (χ3v) is 7.24. The van der Waals surface area contributed by atoms with Gasteiger partial charge in [0.1, 0.15) is 0 Å². The summed E-state index contributed by atoms with van der Waals surface area (Å²) in [5, 5.41) is 0. The molecule has 0 saturated heterocycles. The first-order valence-corrected chi connectivity index (χ1v) is 11.9. The van der Waals surface area contributed by atoms with E-state index in [1.807, 2.05) is 0 Å². The lowest BCUT2D eigenvalue weighted by Gasteiger charge is -2.51. The normalized spacial score (nSPS) is 47.8. The van der Waals surface area contributed by atoms with Gasteiger partial charge in [-0.15, -0.1) is 0 Å². The molecule has 198 valence electrons. The molecule has 2 aromatic carbocycles. The van der Waals surface area contributed by atoms with E-state index in [0.717, 1.165) is 30.4 Å². The van der Waals surface area contributed by atoms with Crippen LogP contribution in [0.1, 0.15) is 166 Å². The first kappa shape index (κ1) is 7.99. The van der Waals surface area contributed by atoms with Crippen molar-refractivity contribution in [1.82, 2.24) is 0 Å². The van der Waals surface area contributed by atoms with E-state index < -0.39 is 131 Å². The molecular weight excluding hydrogens is 444 g/mol. The maximum absolute atomic E-state index is 9.16. The molecule has 5 rings (SSSR count). The maximum Gasteiger partial charge on any atom is 0.0276 e. The predicted octanol–water partition coefficient (Wildman–Crippen LogP) is 10.9. The molecule has 2 unspecified atom stereocenters. The molecule has 0 N–H and O–H groups in total. The average Bonchev–Trinajstić information content (AvgIpc) is 3.07. The van der Waals surface area contributed by atoms with Crippen molar-refractivity contribution in [2.45, 2.75) is 111 Å². The summed E-state index contributed by atoms with van der Waals surface area (Å²) in [4.78, 5) is 0. The molecule has 0 heterocycles. The van der Waals surface area contributed by atoms with Crippen molar-refractivity contribution in [2.24, 2.45) is 22.7 Å². The van der Waals surface area contributed by atoms with Crippen molar-refractivity contribution < 1.29 is 43.9 Å². The van der Waals surface area contributed by atoms with Crippen molar-refractivity contribution in [3.05, 3.63) is 76.9 Å². The number of rotatable bonds is 3. The van der Waals surface area contributed by atoms with Gasteiger partial charge in [0.25, 0.3) is 0 Å². The van der Waals surface area contributed by atoms with E-state index in [9.17, 15) is 0 Å². The molecule has 1 saturated carbocycles. The van der Waals surface area contributed by atoms with Crippen LogP contribution in [0.5, 0.6) is 0 Å². The lowest BCUT2D eigenvalue weighted by atomic mass is 9.53. The molecular formula is C37H50. The number of hydrogen-bond acceptors (Lipinski definition) is 0. The zero-order valence-electron chi connectivity index (χ0n) is 52.4. The van der Waals surface area contributed by atoms with Gasteiger partial charge in [-0.25, -0.2) is 0 Å². The summed E-state index contributed by atoms with van der Waals surface area (Å²) >= 11 is 0. The van der Waals surface area contributed by atoms with Gasteiger partial charge in [-0.2, -0.15) is 0 Å². The molecule has 0 aromatic heterocycles. The summed E-state index contributed by atoms with van der Waals surface area (Å²) in [6.07, 6.45) is -14.4. The highest BCUT2D eigenvalue weighted by atomic mass is 14.5. The molecule has 2 atom stereocenters. The quantitative estimate of drug-likeness (QED) is 0.373. The molecule has 0 amide bonds. The molecule has 0 aliphatic heterocycles. The van der Waals surface area contributed by atoms with Crippen LogP contribution in [-0.4, -0.2) is 0 Å². The highest BCUT2D eigenvalue weighted by molar-refractivity contribution is 5.80. The van der Waals surface area contributed by atoms with E-state index in [4.69, 9.17) is 43.9 Å². The number of fused-ring (bicyclic) bond motifs is 2. The summed E-state index contributed by atoms with van der Waals surface area (Å²) in [7, 11) is 0. The molecule has 2 aromatic rings. The molecule has 3 aliphatic carbocycles. The molecule has 0 spiro atoms. The fraction of sp³-hybridized carbons (Fsp3) is 0.568. The van der Waals surface area contributed by atoms with Crippen LogP contribution in [0.2, 0.25) is 0 Å². The Labute approximate surface area is 272 Å². The van der Waals surface area contributed by atoms with Crippen molar-refractivity contribution in [3.63, 3.8) is 0 Å². The van der Waals surface area contributed by atoms with Crippen LogP contribution in [0.3, 0.4) is 0 Å². The van der Waals surface area contributed by atoms with Crippen LogP contribution in [0, 0.1) is 22.7 Å². The van der Waals surface area contributed by atoms with Gasteiger partial charge in [-0.05, 0) is 110 Å². The highest BCUT2D eigenvalue weighted by Crippen LogP contribution is 2.56. The van der Waals surface area contributed by atoms with Gasteiger partial charge in [0.2, 0.25) is 0 Å². The fourth-order valence-corrected chi connectivity index (χ4v) is 5.05. The largest absolute Gasteiger partial charge is 0.0797 e. The van der Waals surface area contributed by atoms with Gasteiger partial charge in [0.15, 0.2) is 0 Å². The summed E-state index contributed by atoms with van der Waals surface area (Å²) in [5.74, 6) is -5.34. The van der Waals surface area contributed by atoms with Gasteiger partial charge >= 0.3 is 0 Å². The Morgan fingerprint density at radius 3 is 2.00 bits per heavy atom. The second-order valence-corrected chi connectivity index (χ2v) is 10.4. The van der Waals surface area contributed by atoms with Crippen molar-refractivity contribution in [2.75, 3.05) is 0 Å². The van der Waals surface area contributed by atoms with Crippen molar-refractivity contribution >= 4 is 5.57 Å². The molecule has 0 radical (unpaired) electrons. The Kier molecular flexibility index (Phi) is 1.88. The second kappa shape index (κ2) is 8.72. The highest BCUT2D eigenvalue weighted by Gasteiger charge is 2.46. The minimum atomic E-state index is -4.35. The SMILES string of the molecule is [2H]C([2H])([2H])C1(C([2H])([2H])[2H])c2ccc(-c3cc(C4=CC5C(C=C4)C(C([2H])([2H])[2H])(C([2H])([2H])[2H])C([2H])([2H])C([2H])([2H])C5(C([2H])([2H])[2H])C([2H])([2H])[2H])cc(C(C)C)c3)cc2C(C([2H])([2H])[2H])(C([2H])([2H])[2H])C([2H])([2H])C1([2H])[2H]. The Balaban J connectivity index is 2.00. The molecule has 37 heavy (non-hydrogen) atoms. The Morgan fingerprint density at radius 1 is 0.703 bits per heavy atom. The minimum Gasteiger partial charge on any atom is -0.0797 e. The van der Waals surface area contributed by atoms with Crippen LogP contribution >= 0.6 is 0 Å². The summed E-state index contributed by atoms with van der Waals surface area (Å²) in [6, 6.07) is 6.60. The van der Waals surface area contributed by atoms with E-state index in [1.54, 1.807) is 13.8 Å². The summed E-state index contributed by atoms with van der Waals surface area (Å²) < 4.78 is 278. The zero-order valence-corrected chi connectivity index (χ0v) is 20.4. The van der Waals surface area contributed by atoms with Gasteiger partial charge in [-0.1, -0.05) is 117 Å². The zero-order chi connectivity index (χ0) is 54.1. The number of hydrogen-bond donors (Lipinski definition) is 0. The lowest BCUT2D eigenvalue weighted by molar-refractivity contribution is 0.0337. The van der Waals surface area contributed by atoms with Gasteiger partial charge in [0, 0.05) is 43.9 Å². The van der Waals surface area contributed by atoms with Crippen LogP contribution < -0.4 is 0 Å². The van der Waals surface area contributed by atoms with Crippen molar-refractivity contribution in [1.29, 1.82) is 0 Å². The first-order chi connectivity index (χ1) is 30.2. The van der Waals surface area contributed by atoms with Crippen LogP contribution in [-0.2, 0) is 10.8 Å². The van der Waals surface area contributed by atoms with E-state index in [0.29, 0.717) is 11.6 Å². The molecule has 0 bridgehead atoms. The topological polar surface area (TPSA) is 0 Å². The lowest BCUT2D eigenvalue weighted by Crippen LogP contribution is -2.43. The Bertz CT molecular complexity index is 2340. The monoisotopic (exact) mass is 527 g/mol. The van der Waals surface area contributed by atoms with Crippen LogP contribution in [0.15, 0.2) is 54.6 Å². The summed E-state index contributed by atoms with van der Waals surface area (Å²) in [6.45, 7) is -28.8. The van der Waals surface area contributed by atoms with E-state index in [-0.39, 0.29) is 22.3 Å². The summed E-state index contributed by atoms with van der Waals surface area (Å²) in [5.41, 5.74) is -18.1. The van der Waals surface area contributed by atoms with E-state index >= 15 is 0 Å². The molecule has 1 fully saturated rings. The van der Waals surface area contributed by atoms with Crippen molar-refractivity contribution in [3.8, 4) is 11.1 Å². The standard InChI is InChI=1S/C37H50/c1-24(2)27-19-28(25-11-13-30-32(22-25)36(7,8)17-15-34(30,3)4)21-29(20-27)26-12-14-31-33(23-26)37(9,10)18-16-35(31,5)6/h11-14,19-24,30,32H,15-18H2,1-10H3/i3D3,4D3,5D3,6D3,7D3,8D3,9D3,10D3,15D2,16D2,17D2,18D2. The van der Waals surface area contributed by atoms with Gasteiger partial charge < -0.3 is 0 Å². The van der Waals surface area contributed by atoms with Crippen LogP contribution in [0.25, 0.3) is 16.7 Å². The number of allylic oxidation sites excluding steroid dienone is 4. The molecule has 0 nitrogen and oxygen atoms in total. The number of benzene rings is 2. The van der Waals surface area contributed by atoms with Gasteiger partial charge in [0.05, 0.1) is 0 Å². The minimum absolute atomic E-state index is 0.0417. The Hall–Kier alpha value is -2.08. The Morgan fingerprint density at radius 2 is 1.35 bits per heavy atom. The smallest absolute Gasteiger partial charge is 0.0276 e. The molecule has 0 heteroatoms. The third-order valence-electron chi connectivity index (χ3n) is 7.24. The van der Waals surface area contributed by atoms with Gasteiger partial charge in [-0.3, -0.25) is 0 Å². The maximum atomic E-state index is 9.16. The third kappa shape index (κ3) is 4.68. The second-order valence-electron chi connectivity index (χ2n) is 10.4. The average molecular weight is 527 g/mol. The van der Waals surface area contributed by atoms with Crippen LogP contribution in [0.4, 0.5) is 0 Å². The fourth-order valence-electron chi connectivity index (χ4n) is 5.05. The first-order valence-electron chi connectivity index (χ1n) is 27.9. The molecule has 3 aliphatic rings.